The van der Waals surface area contributed by atoms with Gasteiger partial charge in [0, 0.05) is 11.6 Å². The molecule has 1 heterocycles. The molecular weight excluding hydrogens is 243 g/mol. The van der Waals surface area contributed by atoms with Crippen molar-refractivity contribution in [2.45, 2.75) is 13.1 Å². The molecule has 2 aromatic rings. The summed E-state index contributed by atoms with van der Waals surface area (Å²) < 4.78 is 37.8. The van der Waals surface area contributed by atoms with Gasteiger partial charge < -0.3 is 5.73 Å². The molecule has 18 heavy (non-hydrogen) atoms. The van der Waals surface area contributed by atoms with Crippen LogP contribution in [0.1, 0.15) is 11.4 Å². The summed E-state index contributed by atoms with van der Waals surface area (Å²) in [6, 6.07) is 6.40. The standard InChI is InChI=1S/C12H10F3N3/c1-7-17-10(6-11(16)18-7)8-3-2-4-9(5-8)12(13,14)15/h2-6H,1H3,(H2,16,17,18). The molecule has 2 rings (SSSR count). The number of rotatable bonds is 1. The zero-order valence-electron chi connectivity index (χ0n) is 9.49. The molecule has 0 aliphatic carbocycles. The topological polar surface area (TPSA) is 51.8 Å². The molecule has 0 unspecified atom stereocenters. The summed E-state index contributed by atoms with van der Waals surface area (Å²) in [4.78, 5) is 7.94. The van der Waals surface area contributed by atoms with E-state index in [1.54, 1.807) is 13.0 Å². The number of hydrogen-bond acceptors (Lipinski definition) is 3. The van der Waals surface area contributed by atoms with Crippen molar-refractivity contribution in [1.29, 1.82) is 0 Å². The van der Waals surface area contributed by atoms with Crippen molar-refractivity contribution in [3.8, 4) is 11.3 Å². The number of nitrogens with zero attached hydrogens (tertiary/aromatic N) is 2. The van der Waals surface area contributed by atoms with Crippen LogP contribution in [0.4, 0.5) is 19.0 Å². The molecule has 2 N–H and O–H groups in total. The maximum Gasteiger partial charge on any atom is 0.416 e. The molecule has 94 valence electrons. The second kappa shape index (κ2) is 4.29. The highest BCUT2D eigenvalue weighted by molar-refractivity contribution is 5.62. The minimum absolute atomic E-state index is 0.231. The van der Waals surface area contributed by atoms with Crippen molar-refractivity contribution >= 4 is 5.82 Å². The minimum Gasteiger partial charge on any atom is -0.384 e. The molecule has 0 radical (unpaired) electrons. The lowest BCUT2D eigenvalue weighted by Crippen LogP contribution is -2.05. The minimum atomic E-state index is -4.37. The molecule has 0 bridgehead atoms. The van der Waals surface area contributed by atoms with Crippen LogP contribution in [0.2, 0.25) is 0 Å². The van der Waals surface area contributed by atoms with Crippen molar-refractivity contribution < 1.29 is 13.2 Å². The zero-order valence-corrected chi connectivity index (χ0v) is 9.49. The molecule has 0 saturated heterocycles. The fourth-order valence-electron chi connectivity index (χ4n) is 1.59. The number of hydrogen-bond donors (Lipinski definition) is 1. The Morgan fingerprint density at radius 2 is 1.83 bits per heavy atom. The lowest BCUT2D eigenvalue weighted by atomic mass is 10.1. The van der Waals surface area contributed by atoms with Crippen LogP contribution in [0.15, 0.2) is 30.3 Å². The Kier molecular flexibility index (Phi) is 2.94. The van der Waals surface area contributed by atoms with E-state index in [-0.39, 0.29) is 5.82 Å². The first-order valence-electron chi connectivity index (χ1n) is 5.15. The zero-order chi connectivity index (χ0) is 13.3. The van der Waals surface area contributed by atoms with Crippen LogP contribution in [0.3, 0.4) is 0 Å². The Hall–Kier alpha value is -2.11. The third-order valence-electron chi connectivity index (χ3n) is 2.34. The largest absolute Gasteiger partial charge is 0.416 e. The highest BCUT2D eigenvalue weighted by Crippen LogP contribution is 2.31. The van der Waals surface area contributed by atoms with Crippen LogP contribution >= 0.6 is 0 Å². The maximum atomic E-state index is 12.6. The van der Waals surface area contributed by atoms with Crippen LogP contribution in [-0.4, -0.2) is 9.97 Å². The van der Waals surface area contributed by atoms with E-state index in [1.165, 1.54) is 12.1 Å². The maximum absolute atomic E-state index is 12.6. The quantitative estimate of drug-likeness (QED) is 0.849. The Balaban J connectivity index is 2.51. The average Bonchev–Trinajstić information content (AvgIpc) is 2.27. The first-order chi connectivity index (χ1) is 8.36. The van der Waals surface area contributed by atoms with Gasteiger partial charge in [-0.3, -0.25) is 0 Å². The van der Waals surface area contributed by atoms with Crippen LogP contribution in [0.25, 0.3) is 11.3 Å². The summed E-state index contributed by atoms with van der Waals surface area (Å²) in [5.74, 6) is 0.650. The number of aryl methyl sites for hydroxylation is 1. The smallest absolute Gasteiger partial charge is 0.384 e. The monoisotopic (exact) mass is 253 g/mol. The Labute approximate surface area is 101 Å². The molecule has 1 aromatic heterocycles. The molecule has 0 saturated carbocycles. The van der Waals surface area contributed by atoms with Crippen LogP contribution in [-0.2, 0) is 6.18 Å². The van der Waals surface area contributed by atoms with E-state index in [4.69, 9.17) is 5.73 Å². The highest BCUT2D eigenvalue weighted by atomic mass is 19.4. The van der Waals surface area contributed by atoms with E-state index >= 15 is 0 Å². The third kappa shape index (κ3) is 2.58. The number of nitrogens with two attached hydrogens (primary N) is 1. The number of benzene rings is 1. The Morgan fingerprint density at radius 3 is 2.44 bits per heavy atom. The molecule has 6 heteroatoms. The van der Waals surface area contributed by atoms with E-state index in [0.717, 1.165) is 12.1 Å². The van der Waals surface area contributed by atoms with Gasteiger partial charge in [0.2, 0.25) is 0 Å². The van der Waals surface area contributed by atoms with Crippen LogP contribution in [0.5, 0.6) is 0 Å². The van der Waals surface area contributed by atoms with E-state index < -0.39 is 11.7 Å². The van der Waals surface area contributed by atoms with Gasteiger partial charge in [-0.2, -0.15) is 13.2 Å². The summed E-state index contributed by atoms with van der Waals surface area (Å²) in [7, 11) is 0. The molecule has 0 aliphatic rings. The fourth-order valence-corrected chi connectivity index (χ4v) is 1.59. The summed E-state index contributed by atoms with van der Waals surface area (Å²) in [6.07, 6.45) is -4.37. The van der Waals surface area contributed by atoms with Gasteiger partial charge in [0.05, 0.1) is 11.3 Å². The lowest BCUT2D eigenvalue weighted by molar-refractivity contribution is -0.137. The van der Waals surface area contributed by atoms with Crippen molar-refractivity contribution in [3.05, 3.63) is 41.7 Å². The number of halogens is 3. The van der Waals surface area contributed by atoms with Gasteiger partial charge in [-0.1, -0.05) is 12.1 Å². The van der Waals surface area contributed by atoms with E-state index in [1.807, 2.05) is 0 Å². The summed E-state index contributed by atoms with van der Waals surface area (Å²) in [5, 5.41) is 0. The Bertz CT molecular complexity index is 559. The van der Waals surface area contributed by atoms with Gasteiger partial charge in [-0.25, -0.2) is 9.97 Å². The molecule has 0 fully saturated rings. The molecule has 3 nitrogen and oxygen atoms in total. The van der Waals surface area contributed by atoms with Gasteiger partial charge in [-0.05, 0) is 19.1 Å². The molecular formula is C12H10F3N3. The first kappa shape index (κ1) is 12.3. The van der Waals surface area contributed by atoms with E-state index in [9.17, 15) is 13.2 Å². The number of alkyl halides is 3. The Morgan fingerprint density at radius 1 is 1.11 bits per heavy atom. The molecule has 0 aliphatic heterocycles. The van der Waals surface area contributed by atoms with Crippen molar-refractivity contribution in [2.24, 2.45) is 0 Å². The first-order valence-corrected chi connectivity index (χ1v) is 5.15. The predicted octanol–water partition coefficient (Wildman–Crippen LogP) is 3.05. The van der Waals surface area contributed by atoms with Crippen molar-refractivity contribution in [2.75, 3.05) is 5.73 Å². The predicted molar refractivity (Wildman–Crippen MR) is 61.6 cm³/mol. The SMILES string of the molecule is Cc1nc(N)cc(-c2cccc(C(F)(F)F)c2)n1. The second-order valence-electron chi connectivity index (χ2n) is 3.80. The number of nitrogen functional groups attached to an aromatic ring is 1. The van der Waals surface area contributed by atoms with Gasteiger partial charge in [0.1, 0.15) is 11.6 Å². The van der Waals surface area contributed by atoms with Gasteiger partial charge in [0.25, 0.3) is 0 Å². The van der Waals surface area contributed by atoms with E-state index in [2.05, 4.69) is 9.97 Å². The molecule has 0 spiro atoms. The molecule has 0 amide bonds. The number of anilines is 1. The third-order valence-corrected chi connectivity index (χ3v) is 2.34. The van der Waals surface area contributed by atoms with Gasteiger partial charge >= 0.3 is 6.18 Å². The average molecular weight is 253 g/mol. The van der Waals surface area contributed by atoms with Gasteiger partial charge in [-0.15, -0.1) is 0 Å². The van der Waals surface area contributed by atoms with Crippen LogP contribution < -0.4 is 5.73 Å². The lowest BCUT2D eigenvalue weighted by Gasteiger charge is -2.09. The van der Waals surface area contributed by atoms with Gasteiger partial charge in [0.15, 0.2) is 0 Å². The van der Waals surface area contributed by atoms with Crippen LogP contribution in [0, 0.1) is 6.92 Å². The summed E-state index contributed by atoms with van der Waals surface area (Å²) >= 11 is 0. The fraction of sp³-hybridized carbons (Fsp3) is 0.167. The molecule has 1 aromatic carbocycles. The highest BCUT2D eigenvalue weighted by Gasteiger charge is 2.30. The summed E-state index contributed by atoms with van der Waals surface area (Å²) in [5.41, 5.74) is 5.58. The second-order valence-corrected chi connectivity index (χ2v) is 3.80. The number of aromatic nitrogens is 2. The van der Waals surface area contributed by atoms with Crippen molar-refractivity contribution in [3.63, 3.8) is 0 Å². The summed E-state index contributed by atoms with van der Waals surface area (Å²) in [6.45, 7) is 1.63. The van der Waals surface area contributed by atoms with E-state index in [0.29, 0.717) is 17.1 Å². The molecule has 0 atom stereocenters. The van der Waals surface area contributed by atoms with Crippen molar-refractivity contribution in [1.82, 2.24) is 9.97 Å². The normalized spacial score (nSPS) is 11.6.